The van der Waals surface area contributed by atoms with Crippen molar-refractivity contribution in [3.63, 3.8) is 0 Å². The Bertz CT molecular complexity index is 206. The average Bonchev–Trinajstić information content (AvgIpc) is 2.17. The highest BCUT2D eigenvalue weighted by atomic mass is 16.1. The molecule has 1 fully saturated rings. The van der Waals surface area contributed by atoms with E-state index in [0.29, 0.717) is 0 Å². The SMILES string of the molecule is CC1CCCC(CCNC(C)C(N)=O)C1. The Hall–Kier alpha value is -0.570. The van der Waals surface area contributed by atoms with Crippen LogP contribution in [0.2, 0.25) is 0 Å². The van der Waals surface area contributed by atoms with E-state index in [9.17, 15) is 4.79 Å². The van der Waals surface area contributed by atoms with Crippen LogP contribution in [0.1, 0.15) is 46.0 Å². The van der Waals surface area contributed by atoms with Gasteiger partial charge in [-0.15, -0.1) is 0 Å². The highest BCUT2D eigenvalue weighted by molar-refractivity contribution is 5.79. The normalized spacial score (nSPS) is 28.7. The zero-order chi connectivity index (χ0) is 11.3. The Kier molecular flexibility index (Phi) is 5.09. The summed E-state index contributed by atoms with van der Waals surface area (Å²) in [5.41, 5.74) is 5.18. The van der Waals surface area contributed by atoms with Gasteiger partial charge in [0.2, 0.25) is 5.91 Å². The van der Waals surface area contributed by atoms with Crippen molar-refractivity contribution < 1.29 is 4.79 Å². The maximum atomic E-state index is 10.8. The van der Waals surface area contributed by atoms with Gasteiger partial charge in [-0.3, -0.25) is 4.79 Å². The lowest BCUT2D eigenvalue weighted by molar-refractivity contribution is -0.119. The van der Waals surface area contributed by atoms with Crippen molar-refractivity contribution in [3.05, 3.63) is 0 Å². The molecule has 1 aliphatic carbocycles. The standard InChI is InChI=1S/C12H24N2O/c1-9-4-3-5-11(8-9)6-7-14-10(2)12(13)15/h9-11,14H,3-8H2,1-2H3,(H2,13,15). The van der Waals surface area contributed by atoms with Crippen molar-refractivity contribution in [2.45, 2.75) is 52.0 Å². The van der Waals surface area contributed by atoms with Gasteiger partial charge in [-0.1, -0.05) is 26.2 Å². The van der Waals surface area contributed by atoms with E-state index in [4.69, 9.17) is 5.73 Å². The summed E-state index contributed by atoms with van der Waals surface area (Å²) in [5, 5.41) is 3.17. The largest absolute Gasteiger partial charge is 0.368 e. The molecule has 3 N–H and O–H groups in total. The van der Waals surface area contributed by atoms with Gasteiger partial charge in [0.25, 0.3) is 0 Å². The fourth-order valence-corrected chi connectivity index (χ4v) is 2.43. The van der Waals surface area contributed by atoms with Crippen molar-refractivity contribution in [3.8, 4) is 0 Å². The molecular formula is C12H24N2O. The summed E-state index contributed by atoms with van der Waals surface area (Å²) in [6.45, 7) is 5.08. The fraction of sp³-hybridized carbons (Fsp3) is 0.917. The molecule has 3 heteroatoms. The predicted molar refractivity (Wildman–Crippen MR) is 62.4 cm³/mol. The van der Waals surface area contributed by atoms with Crippen LogP contribution in [0, 0.1) is 11.8 Å². The number of carbonyl (C=O) groups excluding carboxylic acids is 1. The molecular weight excluding hydrogens is 188 g/mol. The van der Waals surface area contributed by atoms with Gasteiger partial charge in [0, 0.05) is 0 Å². The van der Waals surface area contributed by atoms with E-state index in [-0.39, 0.29) is 11.9 Å². The first kappa shape index (κ1) is 12.5. The lowest BCUT2D eigenvalue weighted by atomic mass is 9.81. The van der Waals surface area contributed by atoms with Crippen LogP contribution in [0.15, 0.2) is 0 Å². The summed E-state index contributed by atoms with van der Waals surface area (Å²) < 4.78 is 0. The minimum absolute atomic E-state index is 0.189. The molecule has 88 valence electrons. The van der Waals surface area contributed by atoms with E-state index in [1.807, 2.05) is 6.92 Å². The van der Waals surface area contributed by atoms with Crippen molar-refractivity contribution in [2.75, 3.05) is 6.54 Å². The van der Waals surface area contributed by atoms with E-state index >= 15 is 0 Å². The number of hydrogen-bond acceptors (Lipinski definition) is 2. The molecule has 3 nitrogen and oxygen atoms in total. The predicted octanol–water partition coefficient (Wildman–Crippen LogP) is 1.67. The molecule has 3 atom stereocenters. The Balaban J connectivity index is 2.11. The monoisotopic (exact) mass is 212 g/mol. The molecule has 1 amide bonds. The zero-order valence-corrected chi connectivity index (χ0v) is 9.96. The molecule has 1 saturated carbocycles. The van der Waals surface area contributed by atoms with Crippen LogP contribution in [-0.4, -0.2) is 18.5 Å². The second-order valence-electron chi connectivity index (χ2n) is 5.00. The van der Waals surface area contributed by atoms with E-state index < -0.39 is 0 Å². The van der Waals surface area contributed by atoms with Gasteiger partial charge in [-0.2, -0.15) is 0 Å². The average molecular weight is 212 g/mol. The minimum Gasteiger partial charge on any atom is -0.368 e. The first-order valence-corrected chi connectivity index (χ1v) is 6.12. The molecule has 1 aliphatic rings. The molecule has 15 heavy (non-hydrogen) atoms. The second-order valence-corrected chi connectivity index (χ2v) is 5.00. The van der Waals surface area contributed by atoms with Crippen LogP contribution in [-0.2, 0) is 4.79 Å². The zero-order valence-electron chi connectivity index (χ0n) is 9.96. The van der Waals surface area contributed by atoms with E-state index in [1.165, 1.54) is 32.1 Å². The molecule has 0 aromatic carbocycles. The van der Waals surface area contributed by atoms with E-state index in [2.05, 4.69) is 12.2 Å². The third kappa shape index (κ3) is 4.65. The molecule has 0 bridgehead atoms. The van der Waals surface area contributed by atoms with Crippen molar-refractivity contribution in [2.24, 2.45) is 17.6 Å². The highest BCUT2D eigenvalue weighted by Gasteiger charge is 2.18. The lowest BCUT2D eigenvalue weighted by Crippen LogP contribution is -2.39. The van der Waals surface area contributed by atoms with Gasteiger partial charge in [0.1, 0.15) is 0 Å². The van der Waals surface area contributed by atoms with Gasteiger partial charge in [0.15, 0.2) is 0 Å². The Labute approximate surface area is 92.8 Å². The van der Waals surface area contributed by atoms with Crippen LogP contribution in [0.3, 0.4) is 0 Å². The molecule has 0 aliphatic heterocycles. The maximum Gasteiger partial charge on any atom is 0.234 e. The summed E-state index contributed by atoms with van der Waals surface area (Å²) in [6.07, 6.45) is 6.66. The number of rotatable bonds is 5. The van der Waals surface area contributed by atoms with E-state index in [0.717, 1.165) is 18.4 Å². The number of carbonyl (C=O) groups is 1. The third-order valence-electron chi connectivity index (χ3n) is 3.47. The molecule has 0 radical (unpaired) electrons. The van der Waals surface area contributed by atoms with Crippen LogP contribution in [0.25, 0.3) is 0 Å². The summed E-state index contributed by atoms with van der Waals surface area (Å²) in [7, 11) is 0. The first-order valence-electron chi connectivity index (χ1n) is 6.12. The Morgan fingerprint density at radius 2 is 2.27 bits per heavy atom. The first-order chi connectivity index (χ1) is 7.09. The van der Waals surface area contributed by atoms with Crippen molar-refractivity contribution in [1.82, 2.24) is 5.32 Å². The summed E-state index contributed by atoms with van der Waals surface area (Å²) >= 11 is 0. The number of primary amides is 1. The lowest BCUT2D eigenvalue weighted by Gasteiger charge is -2.27. The molecule has 0 aromatic rings. The quantitative estimate of drug-likeness (QED) is 0.728. The Morgan fingerprint density at radius 3 is 2.87 bits per heavy atom. The van der Waals surface area contributed by atoms with Crippen LogP contribution in [0.5, 0.6) is 0 Å². The van der Waals surface area contributed by atoms with Gasteiger partial charge in [-0.25, -0.2) is 0 Å². The highest BCUT2D eigenvalue weighted by Crippen LogP contribution is 2.30. The molecule has 1 rings (SSSR count). The Morgan fingerprint density at radius 1 is 1.53 bits per heavy atom. The van der Waals surface area contributed by atoms with Crippen LogP contribution < -0.4 is 11.1 Å². The maximum absolute atomic E-state index is 10.8. The third-order valence-corrected chi connectivity index (χ3v) is 3.47. The fourth-order valence-electron chi connectivity index (χ4n) is 2.43. The summed E-state index contributed by atoms with van der Waals surface area (Å²) in [4.78, 5) is 10.8. The minimum atomic E-state index is -0.257. The molecule has 0 saturated heterocycles. The van der Waals surface area contributed by atoms with Crippen LogP contribution >= 0.6 is 0 Å². The van der Waals surface area contributed by atoms with E-state index in [1.54, 1.807) is 0 Å². The number of nitrogens with one attached hydrogen (secondary N) is 1. The summed E-state index contributed by atoms with van der Waals surface area (Å²) in [5.74, 6) is 1.48. The van der Waals surface area contributed by atoms with Crippen molar-refractivity contribution in [1.29, 1.82) is 0 Å². The number of hydrogen-bond donors (Lipinski definition) is 2. The van der Waals surface area contributed by atoms with Gasteiger partial charge >= 0.3 is 0 Å². The van der Waals surface area contributed by atoms with Gasteiger partial charge < -0.3 is 11.1 Å². The van der Waals surface area contributed by atoms with Crippen molar-refractivity contribution >= 4 is 5.91 Å². The molecule has 3 unspecified atom stereocenters. The van der Waals surface area contributed by atoms with Gasteiger partial charge in [0.05, 0.1) is 6.04 Å². The number of nitrogens with two attached hydrogens (primary N) is 1. The van der Waals surface area contributed by atoms with Gasteiger partial charge in [-0.05, 0) is 38.1 Å². The summed E-state index contributed by atoms with van der Waals surface area (Å²) in [6, 6.07) is -0.189. The smallest absolute Gasteiger partial charge is 0.234 e. The topological polar surface area (TPSA) is 55.1 Å². The second kappa shape index (κ2) is 6.11. The molecule has 0 heterocycles. The molecule has 0 spiro atoms. The number of amides is 1. The van der Waals surface area contributed by atoms with Crippen LogP contribution in [0.4, 0.5) is 0 Å². The molecule has 0 aromatic heterocycles.